The molecule has 2 nitrogen and oxygen atoms in total. The van der Waals surface area contributed by atoms with Gasteiger partial charge >= 0.3 is 0 Å². The summed E-state index contributed by atoms with van der Waals surface area (Å²) in [5.74, 6) is 1.95. The van der Waals surface area contributed by atoms with Gasteiger partial charge in [0.05, 0.1) is 5.69 Å². The van der Waals surface area contributed by atoms with Crippen LogP contribution in [0.5, 0.6) is 5.75 Å². The van der Waals surface area contributed by atoms with Crippen molar-refractivity contribution in [2.45, 2.75) is 46.1 Å². The van der Waals surface area contributed by atoms with Crippen LogP contribution in [0.1, 0.15) is 56.4 Å². The van der Waals surface area contributed by atoms with Gasteiger partial charge in [0.2, 0.25) is 0 Å². The van der Waals surface area contributed by atoms with Crippen LogP contribution in [0.3, 0.4) is 0 Å². The van der Waals surface area contributed by atoms with Gasteiger partial charge in [-0.1, -0.05) is 39.8 Å². The minimum absolute atomic E-state index is 0.505. The Labute approximate surface area is 121 Å². The second-order valence-electron chi connectivity index (χ2n) is 5.75. The van der Waals surface area contributed by atoms with Crippen molar-refractivity contribution in [3.8, 4) is 5.75 Å². The van der Waals surface area contributed by atoms with E-state index in [2.05, 4.69) is 50.9 Å². The number of nitrogens with zero attached hydrogens (tertiary/aromatic N) is 1. The maximum atomic E-state index is 5.91. The lowest BCUT2D eigenvalue weighted by atomic mass is 9.95. The van der Waals surface area contributed by atoms with Gasteiger partial charge in [-0.15, -0.1) is 0 Å². The maximum absolute atomic E-state index is 5.91. The van der Waals surface area contributed by atoms with E-state index >= 15 is 0 Å². The fourth-order valence-electron chi connectivity index (χ4n) is 2.04. The van der Waals surface area contributed by atoms with E-state index in [1.807, 2.05) is 18.2 Å². The summed E-state index contributed by atoms with van der Waals surface area (Å²) in [4.78, 5) is 4.28. The van der Waals surface area contributed by atoms with E-state index in [4.69, 9.17) is 4.74 Å². The van der Waals surface area contributed by atoms with Crippen LogP contribution in [0.2, 0.25) is 0 Å². The highest BCUT2D eigenvalue weighted by atomic mass is 16.5. The van der Waals surface area contributed by atoms with Gasteiger partial charge in [0.15, 0.2) is 0 Å². The van der Waals surface area contributed by atoms with Crippen LogP contribution >= 0.6 is 0 Å². The van der Waals surface area contributed by atoms with Crippen LogP contribution in [0.25, 0.3) is 0 Å². The molecule has 1 heterocycles. The third-order valence-corrected chi connectivity index (χ3v) is 3.40. The molecule has 0 unspecified atom stereocenters. The lowest BCUT2D eigenvalue weighted by molar-refractivity contribution is 0.300. The van der Waals surface area contributed by atoms with Gasteiger partial charge in [0.1, 0.15) is 12.4 Å². The Kier molecular flexibility index (Phi) is 4.78. The molecule has 1 aromatic heterocycles. The molecule has 0 N–H and O–H groups in total. The highest BCUT2D eigenvalue weighted by Crippen LogP contribution is 2.27. The first-order valence-corrected chi connectivity index (χ1v) is 7.24. The Balaban J connectivity index is 2.18. The molecule has 0 atom stereocenters. The van der Waals surface area contributed by atoms with Gasteiger partial charge in [-0.05, 0) is 47.2 Å². The Morgan fingerprint density at radius 3 is 2.10 bits per heavy atom. The Morgan fingerprint density at radius 1 is 0.950 bits per heavy atom. The molecule has 1 aromatic carbocycles. The summed E-state index contributed by atoms with van der Waals surface area (Å²) < 4.78 is 5.91. The van der Waals surface area contributed by atoms with Crippen molar-refractivity contribution < 1.29 is 4.74 Å². The SMILES string of the molecule is CC(C)c1cc(OCc2ccccn2)cc(C(C)C)c1. The summed E-state index contributed by atoms with van der Waals surface area (Å²) in [5.41, 5.74) is 3.60. The second kappa shape index (κ2) is 6.56. The van der Waals surface area contributed by atoms with E-state index in [1.165, 1.54) is 11.1 Å². The molecule has 2 rings (SSSR count). The average Bonchev–Trinajstić information content (AvgIpc) is 2.45. The Hall–Kier alpha value is -1.83. The molecule has 0 aliphatic heterocycles. The highest BCUT2D eigenvalue weighted by molar-refractivity contribution is 5.37. The van der Waals surface area contributed by atoms with Crippen LogP contribution in [-0.4, -0.2) is 4.98 Å². The Bertz CT molecular complexity index is 520. The van der Waals surface area contributed by atoms with Gasteiger partial charge in [-0.25, -0.2) is 0 Å². The zero-order valence-corrected chi connectivity index (χ0v) is 12.8. The van der Waals surface area contributed by atoms with Crippen molar-refractivity contribution in [1.29, 1.82) is 0 Å². The van der Waals surface area contributed by atoms with Crippen molar-refractivity contribution in [2.24, 2.45) is 0 Å². The van der Waals surface area contributed by atoms with Crippen LogP contribution < -0.4 is 4.74 Å². The van der Waals surface area contributed by atoms with E-state index < -0.39 is 0 Å². The van der Waals surface area contributed by atoms with Crippen molar-refractivity contribution in [3.05, 3.63) is 59.4 Å². The quantitative estimate of drug-likeness (QED) is 0.769. The lowest BCUT2D eigenvalue weighted by Crippen LogP contribution is -2.00. The van der Waals surface area contributed by atoms with Crippen LogP contribution in [0.4, 0.5) is 0 Å². The zero-order chi connectivity index (χ0) is 14.5. The minimum atomic E-state index is 0.505. The number of hydrogen-bond acceptors (Lipinski definition) is 2. The third-order valence-electron chi connectivity index (χ3n) is 3.40. The molecule has 0 saturated carbocycles. The van der Waals surface area contributed by atoms with Crippen molar-refractivity contribution >= 4 is 0 Å². The predicted octanol–water partition coefficient (Wildman–Crippen LogP) is 4.91. The first-order chi connectivity index (χ1) is 9.56. The van der Waals surface area contributed by atoms with Gasteiger partial charge in [0.25, 0.3) is 0 Å². The van der Waals surface area contributed by atoms with Crippen molar-refractivity contribution in [3.63, 3.8) is 0 Å². The standard InChI is InChI=1S/C18H23NO/c1-13(2)15-9-16(14(3)4)11-18(10-15)20-12-17-7-5-6-8-19-17/h5-11,13-14H,12H2,1-4H3. The number of aromatic nitrogens is 1. The minimum Gasteiger partial charge on any atom is -0.487 e. The molecule has 0 fully saturated rings. The fourth-order valence-corrected chi connectivity index (χ4v) is 2.04. The first kappa shape index (κ1) is 14.6. The molecule has 0 saturated heterocycles. The number of hydrogen-bond donors (Lipinski definition) is 0. The van der Waals surface area contributed by atoms with Gasteiger partial charge < -0.3 is 4.74 Å². The number of pyridine rings is 1. The fraction of sp³-hybridized carbons (Fsp3) is 0.389. The molecule has 2 heteroatoms. The monoisotopic (exact) mass is 269 g/mol. The number of rotatable bonds is 5. The Morgan fingerprint density at radius 2 is 1.60 bits per heavy atom. The molecular formula is C18H23NO. The average molecular weight is 269 g/mol. The topological polar surface area (TPSA) is 22.1 Å². The summed E-state index contributed by atoms with van der Waals surface area (Å²) in [6, 6.07) is 12.4. The number of benzene rings is 1. The summed E-state index contributed by atoms with van der Waals surface area (Å²) in [5, 5.41) is 0. The van der Waals surface area contributed by atoms with E-state index in [0.717, 1.165) is 11.4 Å². The summed E-state index contributed by atoms with van der Waals surface area (Å²) in [6.07, 6.45) is 1.79. The van der Waals surface area contributed by atoms with Gasteiger partial charge in [0, 0.05) is 6.20 Å². The molecular weight excluding hydrogens is 246 g/mol. The largest absolute Gasteiger partial charge is 0.487 e. The first-order valence-electron chi connectivity index (χ1n) is 7.24. The van der Waals surface area contributed by atoms with Crippen LogP contribution in [-0.2, 0) is 6.61 Å². The molecule has 0 radical (unpaired) electrons. The molecule has 0 aliphatic carbocycles. The summed E-state index contributed by atoms with van der Waals surface area (Å²) >= 11 is 0. The van der Waals surface area contributed by atoms with E-state index in [-0.39, 0.29) is 0 Å². The molecule has 2 aromatic rings. The van der Waals surface area contributed by atoms with Crippen LogP contribution in [0.15, 0.2) is 42.6 Å². The third kappa shape index (κ3) is 3.83. The van der Waals surface area contributed by atoms with Gasteiger partial charge in [-0.3, -0.25) is 4.98 Å². The van der Waals surface area contributed by atoms with Crippen LogP contribution in [0, 0.1) is 0 Å². The van der Waals surface area contributed by atoms with E-state index in [1.54, 1.807) is 6.20 Å². The van der Waals surface area contributed by atoms with Crippen molar-refractivity contribution in [1.82, 2.24) is 4.98 Å². The highest BCUT2D eigenvalue weighted by Gasteiger charge is 2.08. The number of ether oxygens (including phenoxy) is 1. The van der Waals surface area contributed by atoms with E-state index in [9.17, 15) is 0 Å². The predicted molar refractivity (Wildman–Crippen MR) is 83.2 cm³/mol. The molecule has 106 valence electrons. The molecule has 0 aliphatic rings. The zero-order valence-electron chi connectivity index (χ0n) is 12.8. The molecule has 0 bridgehead atoms. The lowest BCUT2D eigenvalue weighted by Gasteiger charge is -2.15. The van der Waals surface area contributed by atoms with E-state index in [0.29, 0.717) is 18.4 Å². The molecule has 0 amide bonds. The van der Waals surface area contributed by atoms with Crippen molar-refractivity contribution in [2.75, 3.05) is 0 Å². The van der Waals surface area contributed by atoms with Gasteiger partial charge in [-0.2, -0.15) is 0 Å². The summed E-state index contributed by atoms with van der Waals surface area (Å²) in [7, 11) is 0. The maximum Gasteiger partial charge on any atom is 0.130 e. The molecule has 20 heavy (non-hydrogen) atoms. The normalized spacial score (nSPS) is 11.1. The molecule has 0 spiro atoms. The smallest absolute Gasteiger partial charge is 0.130 e. The second-order valence-corrected chi connectivity index (χ2v) is 5.75. The summed E-state index contributed by atoms with van der Waals surface area (Å²) in [6.45, 7) is 9.35.